The predicted molar refractivity (Wildman–Crippen MR) is 78.9 cm³/mol. The van der Waals surface area contributed by atoms with Gasteiger partial charge in [-0.25, -0.2) is 13.6 Å². The Kier molecular flexibility index (Phi) is 6.12. The van der Waals surface area contributed by atoms with E-state index in [0.717, 1.165) is 0 Å². The lowest BCUT2D eigenvalue weighted by Crippen LogP contribution is -2.32. The largest absolute Gasteiger partial charge is 0.377 e. The number of benzene rings is 1. The van der Waals surface area contributed by atoms with Crippen LogP contribution in [0.2, 0.25) is 0 Å². The molecule has 1 atom stereocenters. The molecule has 0 saturated carbocycles. The zero-order chi connectivity index (χ0) is 15.3. The molecule has 0 fully saturated rings. The normalized spacial score (nSPS) is 13.0. The molecule has 0 bridgehead atoms. The van der Waals surface area contributed by atoms with E-state index in [1.165, 1.54) is 18.2 Å². The Balaban J connectivity index is 2.86. The number of rotatable bonds is 6. The van der Waals surface area contributed by atoms with Gasteiger partial charge in [-0.2, -0.15) is 0 Å². The summed E-state index contributed by atoms with van der Waals surface area (Å²) in [6, 6.07) is 4.10. The van der Waals surface area contributed by atoms with Gasteiger partial charge in [-0.05, 0) is 32.0 Å². The predicted octanol–water partition coefficient (Wildman–Crippen LogP) is 1.25. The standard InChI is InChI=1S/C12H17BrN2O4S/c1-3-19-8(2)7-15-12(16)9-4-10(13)6-11(5-9)20(14,17)18/h4-6,8H,3,7H2,1-2H3,(H,15,16)(H2,14,17,18). The molecule has 3 N–H and O–H groups in total. The molecule has 6 nitrogen and oxygen atoms in total. The van der Waals surface area contributed by atoms with E-state index in [1.54, 1.807) is 0 Å². The van der Waals surface area contributed by atoms with Crippen molar-refractivity contribution in [3.8, 4) is 0 Å². The summed E-state index contributed by atoms with van der Waals surface area (Å²) in [7, 11) is -3.86. The molecule has 0 aromatic heterocycles. The van der Waals surface area contributed by atoms with Crippen molar-refractivity contribution in [1.29, 1.82) is 0 Å². The van der Waals surface area contributed by atoms with E-state index in [9.17, 15) is 13.2 Å². The lowest BCUT2D eigenvalue weighted by molar-refractivity contribution is 0.0695. The van der Waals surface area contributed by atoms with Gasteiger partial charge >= 0.3 is 0 Å². The quantitative estimate of drug-likeness (QED) is 0.793. The zero-order valence-electron chi connectivity index (χ0n) is 11.2. The van der Waals surface area contributed by atoms with Crippen LogP contribution >= 0.6 is 15.9 Å². The molecule has 0 aliphatic heterocycles. The number of amides is 1. The highest BCUT2D eigenvalue weighted by Gasteiger charge is 2.14. The molecule has 112 valence electrons. The summed E-state index contributed by atoms with van der Waals surface area (Å²) in [6.45, 7) is 4.60. The van der Waals surface area contributed by atoms with E-state index in [0.29, 0.717) is 17.6 Å². The van der Waals surface area contributed by atoms with Crippen LogP contribution in [-0.2, 0) is 14.8 Å². The second-order valence-corrected chi connectivity index (χ2v) is 6.67. The molecular weight excluding hydrogens is 348 g/mol. The van der Waals surface area contributed by atoms with Crippen molar-refractivity contribution in [1.82, 2.24) is 5.32 Å². The molecule has 1 unspecified atom stereocenters. The van der Waals surface area contributed by atoms with Crippen LogP contribution in [0.4, 0.5) is 0 Å². The van der Waals surface area contributed by atoms with Crippen LogP contribution < -0.4 is 10.5 Å². The fourth-order valence-electron chi connectivity index (χ4n) is 1.54. The summed E-state index contributed by atoms with van der Waals surface area (Å²) in [5, 5.41) is 7.73. The van der Waals surface area contributed by atoms with Crippen LogP contribution in [0.25, 0.3) is 0 Å². The van der Waals surface area contributed by atoms with Crippen molar-refractivity contribution in [3.63, 3.8) is 0 Å². The van der Waals surface area contributed by atoms with Gasteiger partial charge < -0.3 is 10.1 Å². The Morgan fingerprint density at radius 3 is 2.65 bits per heavy atom. The minimum absolute atomic E-state index is 0.116. The van der Waals surface area contributed by atoms with Crippen LogP contribution in [0.5, 0.6) is 0 Å². The Morgan fingerprint density at radius 1 is 1.45 bits per heavy atom. The molecule has 0 aliphatic carbocycles. The van der Waals surface area contributed by atoms with Crippen molar-refractivity contribution in [2.24, 2.45) is 5.14 Å². The van der Waals surface area contributed by atoms with Gasteiger partial charge in [0.15, 0.2) is 0 Å². The Morgan fingerprint density at radius 2 is 2.10 bits per heavy atom. The smallest absolute Gasteiger partial charge is 0.251 e. The van der Waals surface area contributed by atoms with Crippen LogP contribution in [0.15, 0.2) is 27.6 Å². The maximum atomic E-state index is 12.0. The second kappa shape index (κ2) is 7.16. The van der Waals surface area contributed by atoms with E-state index < -0.39 is 10.0 Å². The first-order chi connectivity index (χ1) is 9.24. The number of ether oxygens (including phenoxy) is 1. The minimum atomic E-state index is -3.86. The van der Waals surface area contributed by atoms with Crippen molar-refractivity contribution in [2.75, 3.05) is 13.2 Å². The first-order valence-electron chi connectivity index (χ1n) is 5.97. The maximum Gasteiger partial charge on any atom is 0.251 e. The zero-order valence-corrected chi connectivity index (χ0v) is 13.6. The third-order valence-electron chi connectivity index (χ3n) is 2.46. The average molecular weight is 365 g/mol. The second-order valence-electron chi connectivity index (χ2n) is 4.20. The lowest BCUT2D eigenvalue weighted by Gasteiger charge is -2.13. The Bertz CT molecular complexity index is 589. The first kappa shape index (κ1) is 17.1. The maximum absolute atomic E-state index is 12.0. The molecule has 1 rings (SSSR count). The van der Waals surface area contributed by atoms with E-state index in [2.05, 4.69) is 21.2 Å². The van der Waals surface area contributed by atoms with Gasteiger partial charge in [0.2, 0.25) is 10.0 Å². The van der Waals surface area contributed by atoms with E-state index in [4.69, 9.17) is 9.88 Å². The van der Waals surface area contributed by atoms with E-state index in [1.807, 2.05) is 13.8 Å². The molecule has 1 amide bonds. The molecule has 0 radical (unpaired) electrons. The number of nitrogens with two attached hydrogens (primary N) is 1. The number of primary sulfonamides is 1. The number of halogens is 1. The topological polar surface area (TPSA) is 98.5 Å². The van der Waals surface area contributed by atoms with Crippen LogP contribution in [-0.4, -0.2) is 33.6 Å². The van der Waals surface area contributed by atoms with Gasteiger partial charge in [-0.1, -0.05) is 15.9 Å². The summed E-state index contributed by atoms with van der Waals surface area (Å²) >= 11 is 3.15. The molecule has 0 heterocycles. The third-order valence-corrected chi connectivity index (χ3v) is 3.81. The van der Waals surface area contributed by atoms with Crippen LogP contribution in [0.1, 0.15) is 24.2 Å². The molecule has 8 heteroatoms. The number of nitrogens with one attached hydrogen (secondary N) is 1. The molecular formula is C12H17BrN2O4S. The van der Waals surface area contributed by atoms with E-state index >= 15 is 0 Å². The highest BCUT2D eigenvalue weighted by atomic mass is 79.9. The summed E-state index contributed by atoms with van der Waals surface area (Å²) in [5.41, 5.74) is 0.215. The van der Waals surface area contributed by atoms with Gasteiger partial charge in [0, 0.05) is 23.2 Å². The number of carbonyl (C=O) groups excluding carboxylic acids is 1. The molecule has 1 aromatic carbocycles. The molecule has 0 spiro atoms. The summed E-state index contributed by atoms with van der Waals surface area (Å²) in [5.74, 6) is -0.386. The van der Waals surface area contributed by atoms with Crippen molar-refractivity contribution in [3.05, 3.63) is 28.2 Å². The van der Waals surface area contributed by atoms with Crippen molar-refractivity contribution in [2.45, 2.75) is 24.8 Å². The highest BCUT2D eigenvalue weighted by molar-refractivity contribution is 9.10. The molecule has 20 heavy (non-hydrogen) atoms. The van der Waals surface area contributed by atoms with Crippen LogP contribution in [0.3, 0.4) is 0 Å². The fraction of sp³-hybridized carbons (Fsp3) is 0.417. The van der Waals surface area contributed by atoms with Gasteiger partial charge in [-0.3, -0.25) is 4.79 Å². The number of hydrogen-bond donors (Lipinski definition) is 2. The monoisotopic (exact) mass is 364 g/mol. The lowest BCUT2D eigenvalue weighted by atomic mass is 10.2. The van der Waals surface area contributed by atoms with Gasteiger partial charge in [0.25, 0.3) is 5.91 Å². The average Bonchev–Trinajstić information content (AvgIpc) is 2.34. The number of carbonyl (C=O) groups is 1. The highest BCUT2D eigenvalue weighted by Crippen LogP contribution is 2.18. The van der Waals surface area contributed by atoms with Gasteiger partial charge in [-0.15, -0.1) is 0 Å². The Labute approximate surface area is 126 Å². The first-order valence-corrected chi connectivity index (χ1v) is 8.31. The number of sulfonamides is 1. The fourth-order valence-corrected chi connectivity index (χ4v) is 2.77. The molecule has 1 aromatic rings. The minimum Gasteiger partial charge on any atom is -0.377 e. The Hall–Kier alpha value is -0.960. The number of hydrogen-bond acceptors (Lipinski definition) is 4. The SMILES string of the molecule is CCOC(C)CNC(=O)c1cc(Br)cc(S(N)(=O)=O)c1. The molecule has 0 saturated heterocycles. The van der Waals surface area contributed by atoms with Crippen LogP contribution in [0, 0.1) is 0 Å². The summed E-state index contributed by atoms with van der Waals surface area (Å²) in [6.07, 6.45) is -0.117. The van der Waals surface area contributed by atoms with E-state index in [-0.39, 0.29) is 22.5 Å². The van der Waals surface area contributed by atoms with Crippen molar-refractivity contribution >= 4 is 31.9 Å². The van der Waals surface area contributed by atoms with Gasteiger partial charge in [0.1, 0.15) is 0 Å². The molecule has 0 aliphatic rings. The summed E-state index contributed by atoms with van der Waals surface area (Å²) in [4.78, 5) is 11.8. The summed E-state index contributed by atoms with van der Waals surface area (Å²) < 4.78 is 28.4. The van der Waals surface area contributed by atoms with Crippen molar-refractivity contribution < 1.29 is 17.9 Å². The van der Waals surface area contributed by atoms with Gasteiger partial charge in [0.05, 0.1) is 11.0 Å². The third kappa shape index (κ3) is 5.20.